The van der Waals surface area contributed by atoms with Gasteiger partial charge in [0.25, 0.3) is 0 Å². The van der Waals surface area contributed by atoms with Crippen molar-refractivity contribution in [2.24, 2.45) is 0 Å². The van der Waals surface area contributed by atoms with Gasteiger partial charge < -0.3 is 13.9 Å². The lowest BCUT2D eigenvalue weighted by Gasteiger charge is -2.30. The first-order valence-corrected chi connectivity index (χ1v) is 21.6. The molecule has 0 bridgehead atoms. The molecule has 0 aliphatic heterocycles. The third-order valence-electron chi connectivity index (χ3n) is 13.5. The molecule has 2 aromatic heterocycles. The maximum atomic E-state index is 6.75. The van der Waals surface area contributed by atoms with Gasteiger partial charge in [-0.1, -0.05) is 135 Å². The van der Waals surface area contributed by atoms with E-state index in [0.29, 0.717) is 0 Å². The molecule has 0 amide bonds. The normalized spacial score (nSPS) is 13.0. The van der Waals surface area contributed by atoms with Crippen molar-refractivity contribution in [1.29, 1.82) is 0 Å². The Morgan fingerprint density at radius 1 is 0.452 bits per heavy atom. The number of fused-ring (bicyclic) bond motifs is 9. The standard InChI is InChI=1S/C59H44N2O/c1-37-16-8-9-19-43(37)44-31-30-42(34-38(44)2)61(53-25-14-23-50-57(53)46-21-10-12-22-49(46)59(50,3)4)54-26-15-27-56-58(54)48-36-40(29-33-55(48)62-56)39-28-32-52-47(35-39)45-20-11-13-24-51(45)60(52)41-17-6-5-7-18-41/h5-36H,1-4H3. The summed E-state index contributed by atoms with van der Waals surface area (Å²) in [6.07, 6.45) is 0. The van der Waals surface area contributed by atoms with E-state index in [4.69, 9.17) is 4.42 Å². The van der Waals surface area contributed by atoms with Crippen molar-refractivity contribution in [1.82, 2.24) is 4.57 Å². The fraction of sp³-hybridized carbons (Fsp3) is 0.0847. The topological polar surface area (TPSA) is 21.3 Å². The van der Waals surface area contributed by atoms with Gasteiger partial charge in [-0.3, -0.25) is 0 Å². The Bertz CT molecular complexity index is 3590. The highest BCUT2D eigenvalue weighted by Crippen LogP contribution is 2.55. The molecule has 9 aromatic carbocycles. The number of aryl methyl sites for hydroxylation is 2. The van der Waals surface area contributed by atoms with E-state index in [9.17, 15) is 0 Å². The number of nitrogens with zero attached hydrogens (tertiary/aromatic N) is 2. The summed E-state index contributed by atoms with van der Waals surface area (Å²) in [5.41, 5.74) is 21.1. The van der Waals surface area contributed by atoms with E-state index in [-0.39, 0.29) is 5.41 Å². The first-order chi connectivity index (χ1) is 30.3. The summed E-state index contributed by atoms with van der Waals surface area (Å²) >= 11 is 0. The molecule has 12 rings (SSSR count). The van der Waals surface area contributed by atoms with Crippen molar-refractivity contribution in [2.45, 2.75) is 33.1 Å². The summed E-state index contributed by atoms with van der Waals surface area (Å²) in [4.78, 5) is 2.49. The number of benzene rings is 9. The van der Waals surface area contributed by atoms with Crippen LogP contribution in [0.25, 0.3) is 82.8 Å². The van der Waals surface area contributed by atoms with E-state index < -0.39 is 0 Å². The molecule has 2 heterocycles. The highest BCUT2D eigenvalue weighted by atomic mass is 16.3. The van der Waals surface area contributed by atoms with Crippen LogP contribution in [0.3, 0.4) is 0 Å². The maximum absolute atomic E-state index is 6.75. The van der Waals surface area contributed by atoms with Crippen molar-refractivity contribution in [3.05, 3.63) is 216 Å². The predicted molar refractivity (Wildman–Crippen MR) is 261 cm³/mol. The zero-order valence-electron chi connectivity index (χ0n) is 35.3. The SMILES string of the molecule is Cc1ccccc1-c1ccc(N(c2cccc3c2-c2ccccc2C3(C)C)c2cccc3oc4ccc(-c5ccc6c(c5)c5ccccc5n6-c5ccccc5)cc4c23)cc1C. The molecule has 0 saturated carbocycles. The smallest absolute Gasteiger partial charge is 0.137 e. The van der Waals surface area contributed by atoms with E-state index >= 15 is 0 Å². The highest BCUT2D eigenvalue weighted by molar-refractivity contribution is 6.16. The molecule has 0 unspecified atom stereocenters. The fourth-order valence-corrected chi connectivity index (χ4v) is 10.5. The quantitative estimate of drug-likeness (QED) is 0.167. The molecule has 0 N–H and O–H groups in total. The van der Waals surface area contributed by atoms with Crippen molar-refractivity contribution in [3.8, 4) is 39.1 Å². The maximum Gasteiger partial charge on any atom is 0.137 e. The Morgan fingerprint density at radius 2 is 1.11 bits per heavy atom. The van der Waals surface area contributed by atoms with Gasteiger partial charge in [0.1, 0.15) is 11.2 Å². The monoisotopic (exact) mass is 796 g/mol. The Hall–Kier alpha value is -7.62. The van der Waals surface area contributed by atoms with Crippen LogP contribution in [-0.2, 0) is 5.41 Å². The van der Waals surface area contributed by atoms with Crippen molar-refractivity contribution < 1.29 is 4.42 Å². The number of anilines is 3. The average molecular weight is 797 g/mol. The first kappa shape index (κ1) is 36.2. The molecule has 62 heavy (non-hydrogen) atoms. The lowest BCUT2D eigenvalue weighted by Crippen LogP contribution is -2.16. The molecule has 11 aromatic rings. The third-order valence-corrected chi connectivity index (χ3v) is 13.5. The minimum Gasteiger partial charge on any atom is -0.456 e. The van der Waals surface area contributed by atoms with Gasteiger partial charge in [-0.2, -0.15) is 0 Å². The summed E-state index contributed by atoms with van der Waals surface area (Å²) in [6.45, 7) is 9.15. The van der Waals surface area contributed by atoms with Gasteiger partial charge >= 0.3 is 0 Å². The van der Waals surface area contributed by atoms with Gasteiger partial charge in [0.05, 0.1) is 27.8 Å². The Labute approximate surface area is 361 Å². The van der Waals surface area contributed by atoms with Crippen LogP contribution in [0.5, 0.6) is 0 Å². The van der Waals surface area contributed by atoms with Crippen molar-refractivity contribution in [2.75, 3.05) is 4.90 Å². The Balaban J connectivity index is 1.08. The van der Waals surface area contributed by atoms with Crippen LogP contribution in [0.4, 0.5) is 17.1 Å². The predicted octanol–water partition coefficient (Wildman–Crippen LogP) is 16.4. The third kappa shape index (κ3) is 5.38. The Kier molecular flexibility index (Phi) is 8.01. The van der Waals surface area contributed by atoms with Crippen LogP contribution < -0.4 is 4.90 Å². The fourth-order valence-electron chi connectivity index (χ4n) is 10.5. The van der Waals surface area contributed by atoms with E-state index in [0.717, 1.165) is 50.3 Å². The van der Waals surface area contributed by atoms with Crippen LogP contribution in [0.1, 0.15) is 36.1 Å². The molecule has 0 saturated heterocycles. The van der Waals surface area contributed by atoms with Crippen LogP contribution in [0, 0.1) is 13.8 Å². The molecule has 3 nitrogen and oxygen atoms in total. The van der Waals surface area contributed by atoms with Gasteiger partial charge in [-0.05, 0) is 137 Å². The lowest BCUT2D eigenvalue weighted by atomic mass is 9.82. The minimum absolute atomic E-state index is 0.143. The van der Waals surface area contributed by atoms with E-state index in [2.05, 4.69) is 231 Å². The number of para-hydroxylation sites is 2. The van der Waals surface area contributed by atoms with Crippen LogP contribution >= 0.6 is 0 Å². The first-order valence-electron chi connectivity index (χ1n) is 21.6. The van der Waals surface area contributed by atoms with Gasteiger partial charge in [0.2, 0.25) is 0 Å². The zero-order valence-corrected chi connectivity index (χ0v) is 35.3. The van der Waals surface area contributed by atoms with Crippen molar-refractivity contribution >= 4 is 60.8 Å². The van der Waals surface area contributed by atoms with Crippen LogP contribution in [-0.4, -0.2) is 4.57 Å². The summed E-state index contributed by atoms with van der Waals surface area (Å²) in [6, 6.07) is 70.9. The highest BCUT2D eigenvalue weighted by Gasteiger charge is 2.38. The molecular weight excluding hydrogens is 753 g/mol. The number of hydrogen-bond acceptors (Lipinski definition) is 2. The van der Waals surface area contributed by atoms with Crippen LogP contribution in [0.15, 0.2) is 199 Å². The summed E-state index contributed by atoms with van der Waals surface area (Å²) in [5, 5.41) is 4.66. The number of aromatic nitrogens is 1. The second-order valence-corrected chi connectivity index (χ2v) is 17.4. The molecule has 296 valence electrons. The van der Waals surface area contributed by atoms with Gasteiger partial charge in [-0.15, -0.1) is 0 Å². The number of hydrogen-bond donors (Lipinski definition) is 0. The molecular formula is C59H44N2O. The number of rotatable bonds is 6. The van der Waals surface area contributed by atoms with E-state index in [1.165, 1.54) is 71.9 Å². The second-order valence-electron chi connectivity index (χ2n) is 17.4. The van der Waals surface area contributed by atoms with Gasteiger partial charge in [-0.25, -0.2) is 0 Å². The molecule has 1 aliphatic rings. The molecule has 0 atom stereocenters. The molecule has 0 fully saturated rings. The van der Waals surface area contributed by atoms with Gasteiger partial charge in [0.15, 0.2) is 0 Å². The summed E-state index contributed by atoms with van der Waals surface area (Å²) in [7, 11) is 0. The molecule has 0 spiro atoms. The average Bonchev–Trinajstić information content (AvgIpc) is 3.93. The summed E-state index contributed by atoms with van der Waals surface area (Å²) in [5.74, 6) is 0. The summed E-state index contributed by atoms with van der Waals surface area (Å²) < 4.78 is 9.12. The van der Waals surface area contributed by atoms with E-state index in [1.807, 2.05) is 0 Å². The molecule has 3 heteroatoms. The lowest BCUT2D eigenvalue weighted by molar-refractivity contribution is 0.660. The Morgan fingerprint density at radius 3 is 1.95 bits per heavy atom. The molecule has 0 radical (unpaired) electrons. The molecule has 1 aliphatic carbocycles. The van der Waals surface area contributed by atoms with Gasteiger partial charge in [0, 0.05) is 38.5 Å². The van der Waals surface area contributed by atoms with Crippen molar-refractivity contribution in [3.63, 3.8) is 0 Å². The van der Waals surface area contributed by atoms with Crippen LogP contribution in [0.2, 0.25) is 0 Å². The second kappa shape index (κ2) is 13.7. The largest absolute Gasteiger partial charge is 0.456 e. The minimum atomic E-state index is -0.143. The number of furan rings is 1. The van der Waals surface area contributed by atoms with E-state index in [1.54, 1.807) is 0 Å². The zero-order chi connectivity index (χ0) is 41.7.